The van der Waals surface area contributed by atoms with E-state index in [4.69, 9.17) is 0 Å². The average molecular weight is 269 g/mol. The molecule has 4 heteroatoms. The Labute approximate surface area is 95.6 Å². The van der Waals surface area contributed by atoms with Gasteiger partial charge in [-0.1, -0.05) is 15.9 Å². The Morgan fingerprint density at radius 3 is 2.80 bits per heavy atom. The van der Waals surface area contributed by atoms with Crippen LogP contribution in [0.1, 0.15) is 32.7 Å². The first kappa shape index (κ1) is 10.4. The van der Waals surface area contributed by atoms with Crippen LogP contribution in [0.2, 0.25) is 0 Å². The summed E-state index contributed by atoms with van der Waals surface area (Å²) in [7, 11) is 1.34. The molecule has 0 fully saturated rings. The van der Waals surface area contributed by atoms with Crippen molar-refractivity contribution in [2.75, 3.05) is 7.11 Å². The maximum absolute atomic E-state index is 11.6. The third-order valence-electron chi connectivity index (χ3n) is 2.55. The summed E-state index contributed by atoms with van der Waals surface area (Å²) in [4.78, 5) is 23.0. The summed E-state index contributed by atoms with van der Waals surface area (Å²) in [5, 5.41) is 0. The molecule has 0 unspecified atom stereocenters. The van der Waals surface area contributed by atoms with Gasteiger partial charge in [0.2, 0.25) is 0 Å². The zero-order chi connectivity index (χ0) is 11.0. The van der Waals surface area contributed by atoms with E-state index in [0.717, 1.165) is 10.0 Å². The summed E-state index contributed by atoms with van der Waals surface area (Å²) in [5.74, 6) is -0.295. The summed E-state index contributed by atoms with van der Waals surface area (Å²) in [5.41, 5.74) is 1.95. The van der Waals surface area contributed by atoms with Crippen LogP contribution in [0.25, 0.3) is 0 Å². The van der Waals surface area contributed by atoms with Gasteiger partial charge >= 0.3 is 5.97 Å². The normalized spacial score (nSPS) is 13.9. The Morgan fingerprint density at radius 2 is 2.13 bits per heavy atom. The first-order valence-electron chi connectivity index (χ1n) is 4.58. The largest absolute Gasteiger partial charge is 0.465 e. The lowest BCUT2D eigenvalue weighted by Crippen LogP contribution is -2.06. The van der Waals surface area contributed by atoms with Crippen LogP contribution in [0.5, 0.6) is 0 Å². The molecule has 1 aliphatic rings. The van der Waals surface area contributed by atoms with E-state index in [-0.39, 0.29) is 11.8 Å². The van der Waals surface area contributed by atoms with Gasteiger partial charge in [-0.05, 0) is 24.1 Å². The summed E-state index contributed by atoms with van der Waals surface area (Å²) in [6.07, 6.45) is 1.10. The van der Waals surface area contributed by atoms with Crippen molar-refractivity contribution in [1.29, 1.82) is 0 Å². The van der Waals surface area contributed by atoms with Crippen molar-refractivity contribution in [3.8, 4) is 0 Å². The minimum atomic E-state index is -0.381. The van der Waals surface area contributed by atoms with Crippen molar-refractivity contribution in [3.63, 3.8) is 0 Å². The maximum atomic E-state index is 11.6. The number of Topliss-reactive ketones (excluding diaryl/α,β-unsaturated/α-hetero) is 1. The average Bonchev–Trinajstić information content (AvgIpc) is 2.61. The molecule has 1 aliphatic carbocycles. The number of rotatable bonds is 1. The topological polar surface area (TPSA) is 43.4 Å². The monoisotopic (exact) mass is 268 g/mol. The molecule has 2 rings (SSSR count). The van der Waals surface area contributed by atoms with Gasteiger partial charge in [0.25, 0.3) is 0 Å². The molecular formula is C11H9BrO3. The zero-order valence-electron chi connectivity index (χ0n) is 8.17. The fourth-order valence-corrected chi connectivity index (χ4v) is 2.44. The molecule has 0 radical (unpaired) electrons. The molecule has 0 aromatic heterocycles. The molecule has 0 heterocycles. The van der Waals surface area contributed by atoms with E-state index in [1.807, 2.05) is 0 Å². The fourth-order valence-electron chi connectivity index (χ4n) is 1.85. The second-order valence-electron chi connectivity index (χ2n) is 3.36. The molecular weight excluding hydrogens is 260 g/mol. The predicted molar refractivity (Wildman–Crippen MR) is 58.1 cm³/mol. The number of carbonyl (C=O) groups is 2. The van der Waals surface area contributed by atoms with Gasteiger partial charge in [-0.2, -0.15) is 0 Å². The van der Waals surface area contributed by atoms with Crippen molar-refractivity contribution in [3.05, 3.63) is 33.3 Å². The van der Waals surface area contributed by atoms with E-state index in [1.165, 1.54) is 7.11 Å². The second kappa shape index (κ2) is 3.77. The zero-order valence-corrected chi connectivity index (χ0v) is 9.76. The summed E-state index contributed by atoms with van der Waals surface area (Å²) in [6, 6.07) is 3.40. The molecule has 0 atom stereocenters. The van der Waals surface area contributed by atoms with Gasteiger partial charge in [0.15, 0.2) is 5.78 Å². The Morgan fingerprint density at radius 1 is 1.40 bits per heavy atom. The van der Waals surface area contributed by atoms with Crippen molar-refractivity contribution >= 4 is 27.7 Å². The predicted octanol–water partition coefficient (Wildman–Crippen LogP) is 2.36. The van der Waals surface area contributed by atoms with Gasteiger partial charge in [-0.3, -0.25) is 4.79 Å². The molecule has 3 nitrogen and oxygen atoms in total. The third-order valence-corrected chi connectivity index (χ3v) is 3.21. The first-order valence-corrected chi connectivity index (χ1v) is 5.37. The first-order chi connectivity index (χ1) is 7.15. The van der Waals surface area contributed by atoms with Crippen LogP contribution in [0.3, 0.4) is 0 Å². The van der Waals surface area contributed by atoms with Crippen LogP contribution in [0, 0.1) is 0 Å². The van der Waals surface area contributed by atoms with E-state index in [9.17, 15) is 9.59 Å². The highest BCUT2D eigenvalue weighted by molar-refractivity contribution is 9.10. The van der Waals surface area contributed by atoms with Crippen molar-refractivity contribution in [1.82, 2.24) is 0 Å². The Balaban J connectivity index is 2.62. The number of ether oxygens (including phenoxy) is 1. The molecule has 0 bridgehead atoms. The molecule has 78 valence electrons. The minimum absolute atomic E-state index is 0.0858. The molecule has 1 aromatic carbocycles. The summed E-state index contributed by atoms with van der Waals surface area (Å²) in [6.45, 7) is 0. The molecule has 15 heavy (non-hydrogen) atoms. The molecule has 1 aromatic rings. The number of methoxy groups -OCH3 is 1. The van der Waals surface area contributed by atoms with Crippen LogP contribution >= 0.6 is 15.9 Å². The maximum Gasteiger partial charge on any atom is 0.338 e. The lowest BCUT2D eigenvalue weighted by molar-refractivity contribution is 0.0599. The van der Waals surface area contributed by atoms with Crippen molar-refractivity contribution < 1.29 is 14.3 Å². The summed E-state index contributed by atoms with van der Waals surface area (Å²) < 4.78 is 5.43. The number of fused-ring (bicyclic) bond motifs is 1. The highest BCUT2D eigenvalue weighted by Gasteiger charge is 2.27. The molecule has 0 N–H and O–H groups in total. The SMILES string of the molecule is COC(=O)c1ccc(Br)c2c1CCC2=O. The quantitative estimate of drug-likeness (QED) is 0.735. The van der Waals surface area contributed by atoms with Crippen LogP contribution in [0.15, 0.2) is 16.6 Å². The highest BCUT2D eigenvalue weighted by atomic mass is 79.9. The number of hydrogen-bond donors (Lipinski definition) is 0. The van der Waals surface area contributed by atoms with E-state index in [0.29, 0.717) is 24.0 Å². The molecule has 0 amide bonds. The Bertz CT molecular complexity index is 451. The van der Waals surface area contributed by atoms with Crippen molar-refractivity contribution in [2.24, 2.45) is 0 Å². The number of esters is 1. The van der Waals surface area contributed by atoms with Gasteiger partial charge in [-0.25, -0.2) is 4.79 Å². The smallest absolute Gasteiger partial charge is 0.338 e. The van der Waals surface area contributed by atoms with E-state index < -0.39 is 0 Å². The van der Waals surface area contributed by atoms with E-state index in [2.05, 4.69) is 20.7 Å². The van der Waals surface area contributed by atoms with E-state index in [1.54, 1.807) is 12.1 Å². The van der Waals surface area contributed by atoms with Crippen LogP contribution in [0.4, 0.5) is 0 Å². The summed E-state index contributed by atoms with van der Waals surface area (Å²) >= 11 is 3.32. The van der Waals surface area contributed by atoms with Crippen LogP contribution in [-0.2, 0) is 11.2 Å². The van der Waals surface area contributed by atoms with Gasteiger partial charge < -0.3 is 4.74 Å². The number of carbonyl (C=O) groups excluding carboxylic acids is 2. The van der Waals surface area contributed by atoms with Crippen LogP contribution in [-0.4, -0.2) is 18.9 Å². The lowest BCUT2D eigenvalue weighted by Gasteiger charge is -2.06. The van der Waals surface area contributed by atoms with E-state index >= 15 is 0 Å². The second-order valence-corrected chi connectivity index (χ2v) is 4.22. The standard InChI is InChI=1S/C11H9BrO3/c1-15-11(14)7-2-4-8(12)10-6(7)3-5-9(10)13/h2,4H,3,5H2,1H3. The minimum Gasteiger partial charge on any atom is -0.465 e. The number of halogens is 1. The number of ketones is 1. The highest BCUT2D eigenvalue weighted by Crippen LogP contribution is 2.31. The Hall–Kier alpha value is -1.16. The molecule has 0 saturated carbocycles. The van der Waals surface area contributed by atoms with Gasteiger partial charge in [-0.15, -0.1) is 0 Å². The number of hydrogen-bond acceptors (Lipinski definition) is 3. The lowest BCUT2D eigenvalue weighted by atomic mass is 10.0. The fraction of sp³-hybridized carbons (Fsp3) is 0.273. The number of benzene rings is 1. The third kappa shape index (κ3) is 1.59. The van der Waals surface area contributed by atoms with Crippen molar-refractivity contribution in [2.45, 2.75) is 12.8 Å². The van der Waals surface area contributed by atoms with Gasteiger partial charge in [0.1, 0.15) is 0 Å². The Kier molecular flexibility index (Phi) is 2.61. The molecule has 0 aliphatic heterocycles. The van der Waals surface area contributed by atoms with Gasteiger partial charge in [0.05, 0.1) is 12.7 Å². The van der Waals surface area contributed by atoms with Crippen LogP contribution < -0.4 is 0 Å². The molecule has 0 saturated heterocycles. The molecule has 0 spiro atoms. The van der Waals surface area contributed by atoms with Gasteiger partial charge in [0, 0.05) is 16.5 Å².